The highest BCUT2D eigenvalue weighted by atomic mass is 16.5. The molecule has 1 aliphatic heterocycles. The highest BCUT2D eigenvalue weighted by Crippen LogP contribution is 2.26. The summed E-state index contributed by atoms with van der Waals surface area (Å²) in [5.74, 6) is 0.419. The van der Waals surface area contributed by atoms with Gasteiger partial charge in [-0.2, -0.15) is 0 Å². The molecule has 0 saturated carbocycles. The fourth-order valence-corrected chi connectivity index (χ4v) is 2.70. The van der Waals surface area contributed by atoms with E-state index in [1.165, 1.54) is 41.0 Å². The lowest BCUT2D eigenvalue weighted by atomic mass is 10.1. The minimum Gasteiger partial charge on any atom is -0.494 e. The van der Waals surface area contributed by atoms with Crippen LogP contribution in [0.5, 0.6) is 5.75 Å². The maximum atomic E-state index is 11.4. The molecule has 104 valence electrons. The van der Waals surface area contributed by atoms with Crippen molar-refractivity contribution >= 4 is 11.8 Å². The lowest BCUT2D eigenvalue weighted by Gasteiger charge is -2.14. The Kier molecular flexibility index (Phi) is 3.54. The average Bonchev–Trinajstić information content (AvgIpc) is 3.03. The van der Waals surface area contributed by atoms with Crippen molar-refractivity contribution < 1.29 is 14.3 Å². The third kappa shape index (κ3) is 2.59. The van der Waals surface area contributed by atoms with Crippen LogP contribution < -0.4 is 4.74 Å². The van der Waals surface area contributed by atoms with E-state index in [2.05, 4.69) is 12.1 Å². The molecular formula is C16H17NO3. The van der Waals surface area contributed by atoms with Gasteiger partial charge in [0, 0.05) is 18.7 Å². The van der Waals surface area contributed by atoms with Crippen LogP contribution in [0.4, 0.5) is 0 Å². The van der Waals surface area contributed by atoms with Crippen molar-refractivity contribution in [1.82, 2.24) is 4.90 Å². The third-order valence-corrected chi connectivity index (χ3v) is 3.77. The minimum absolute atomic E-state index is 0.229. The predicted molar refractivity (Wildman–Crippen MR) is 74.4 cm³/mol. The second-order valence-corrected chi connectivity index (χ2v) is 5.15. The number of imide groups is 1. The summed E-state index contributed by atoms with van der Waals surface area (Å²) in [4.78, 5) is 24.0. The summed E-state index contributed by atoms with van der Waals surface area (Å²) < 4.78 is 5.69. The van der Waals surface area contributed by atoms with Crippen molar-refractivity contribution in [2.75, 3.05) is 13.2 Å². The average molecular weight is 271 g/mol. The Labute approximate surface area is 118 Å². The molecule has 4 heteroatoms. The van der Waals surface area contributed by atoms with Crippen LogP contribution in [0.15, 0.2) is 30.4 Å². The predicted octanol–water partition coefficient (Wildman–Crippen LogP) is 1.87. The van der Waals surface area contributed by atoms with Gasteiger partial charge in [-0.15, -0.1) is 0 Å². The van der Waals surface area contributed by atoms with E-state index in [9.17, 15) is 9.59 Å². The summed E-state index contributed by atoms with van der Waals surface area (Å²) in [5.41, 5.74) is 2.81. The monoisotopic (exact) mass is 271 g/mol. The summed E-state index contributed by atoms with van der Waals surface area (Å²) in [6.45, 7) is 0.922. The van der Waals surface area contributed by atoms with Gasteiger partial charge in [0.2, 0.25) is 0 Å². The number of amides is 2. The largest absolute Gasteiger partial charge is 0.494 e. The van der Waals surface area contributed by atoms with E-state index in [0.29, 0.717) is 19.6 Å². The smallest absolute Gasteiger partial charge is 0.253 e. The summed E-state index contributed by atoms with van der Waals surface area (Å²) >= 11 is 0. The number of hydrogen-bond donors (Lipinski definition) is 0. The zero-order valence-electron chi connectivity index (χ0n) is 11.3. The van der Waals surface area contributed by atoms with Crippen molar-refractivity contribution in [3.8, 4) is 5.75 Å². The van der Waals surface area contributed by atoms with E-state index in [-0.39, 0.29) is 11.8 Å². The number of carbonyl (C=O) groups is 2. The van der Waals surface area contributed by atoms with Gasteiger partial charge < -0.3 is 4.74 Å². The quantitative estimate of drug-likeness (QED) is 0.606. The second-order valence-electron chi connectivity index (χ2n) is 5.15. The Balaban J connectivity index is 1.46. The molecule has 0 radical (unpaired) electrons. The third-order valence-electron chi connectivity index (χ3n) is 3.77. The zero-order valence-corrected chi connectivity index (χ0v) is 11.3. The molecule has 1 aromatic carbocycles. The second kappa shape index (κ2) is 5.49. The van der Waals surface area contributed by atoms with Crippen molar-refractivity contribution in [2.24, 2.45) is 0 Å². The molecule has 3 rings (SSSR count). The summed E-state index contributed by atoms with van der Waals surface area (Å²) in [7, 11) is 0. The minimum atomic E-state index is -0.229. The van der Waals surface area contributed by atoms with Gasteiger partial charge in [0.05, 0.1) is 6.61 Å². The first kappa shape index (κ1) is 12.9. The number of nitrogens with zero attached hydrogens (tertiary/aromatic N) is 1. The molecule has 20 heavy (non-hydrogen) atoms. The van der Waals surface area contributed by atoms with Crippen molar-refractivity contribution in [2.45, 2.75) is 25.7 Å². The molecule has 0 atom stereocenters. The van der Waals surface area contributed by atoms with Crippen molar-refractivity contribution in [3.63, 3.8) is 0 Å². The van der Waals surface area contributed by atoms with Gasteiger partial charge in [-0.05, 0) is 48.9 Å². The molecule has 1 aliphatic carbocycles. The Morgan fingerprint density at radius 1 is 1.05 bits per heavy atom. The SMILES string of the molecule is O=C1C=CC(=O)N1CCCOc1ccc2c(c1)CCC2. The van der Waals surface area contributed by atoms with E-state index in [1.54, 1.807) is 0 Å². The van der Waals surface area contributed by atoms with Crippen molar-refractivity contribution in [3.05, 3.63) is 41.5 Å². The van der Waals surface area contributed by atoms with Crippen LogP contribution in [0, 0.1) is 0 Å². The Morgan fingerprint density at radius 3 is 2.60 bits per heavy atom. The first-order valence-electron chi connectivity index (χ1n) is 7.02. The number of rotatable bonds is 5. The normalized spacial score (nSPS) is 16.9. The number of benzene rings is 1. The number of ether oxygens (including phenoxy) is 1. The zero-order chi connectivity index (χ0) is 13.9. The van der Waals surface area contributed by atoms with Gasteiger partial charge in [-0.1, -0.05) is 6.07 Å². The van der Waals surface area contributed by atoms with Crippen LogP contribution in [0.2, 0.25) is 0 Å². The van der Waals surface area contributed by atoms with Gasteiger partial charge >= 0.3 is 0 Å². The lowest BCUT2D eigenvalue weighted by molar-refractivity contribution is -0.136. The van der Waals surface area contributed by atoms with Crippen LogP contribution in [0.25, 0.3) is 0 Å². The van der Waals surface area contributed by atoms with Gasteiger partial charge in [0.1, 0.15) is 5.75 Å². The molecule has 0 spiro atoms. The summed E-state index contributed by atoms with van der Waals surface area (Å²) in [6, 6.07) is 6.24. The molecule has 0 N–H and O–H groups in total. The molecule has 0 fully saturated rings. The van der Waals surface area contributed by atoms with Gasteiger partial charge in [0.15, 0.2) is 0 Å². The number of fused-ring (bicyclic) bond motifs is 1. The molecule has 2 aliphatic rings. The molecular weight excluding hydrogens is 254 g/mol. The number of aryl methyl sites for hydroxylation is 2. The van der Waals surface area contributed by atoms with Gasteiger partial charge in [-0.3, -0.25) is 14.5 Å². The highest BCUT2D eigenvalue weighted by molar-refractivity contribution is 6.12. The van der Waals surface area contributed by atoms with Crippen LogP contribution in [0.3, 0.4) is 0 Å². The van der Waals surface area contributed by atoms with Gasteiger partial charge in [-0.25, -0.2) is 0 Å². The molecule has 0 unspecified atom stereocenters. The molecule has 0 aromatic heterocycles. The lowest BCUT2D eigenvalue weighted by Crippen LogP contribution is -2.31. The van der Waals surface area contributed by atoms with Crippen LogP contribution in [0.1, 0.15) is 24.0 Å². The van der Waals surface area contributed by atoms with Gasteiger partial charge in [0.25, 0.3) is 11.8 Å². The van der Waals surface area contributed by atoms with Crippen LogP contribution in [-0.4, -0.2) is 29.9 Å². The maximum Gasteiger partial charge on any atom is 0.253 e. The van der Waals surface area contributed by atoms with E-state index < -0.39 is 0 Å². The Morgan fingerprint density at radius 2 is 1.80 bits per heavy atom. The summed E-state index contributed by atoms with van der Waals surface area (Å²) in [5, 5.41) is 0. The maximum absolute atomic E-state index is 11.4. The first-order chi connectivity index (χ1) is 9.74. The molecule has 1 aromatic rings. The Hall–Kier alpha value is -2.10. The fraction of sp³-hybridized carbons (Fsp3) is 0.375. The molecule has 2 amide bonds. The van der Waals surface area contributed by atoms with E-state index >= 15 is 0 Å². The first-order valence-corrected chi connectivity index (χ1v) is 7.02. The van der Waals surface area contributed by atoms with Crippen molar-refractivity contribution in [1.29, 1.82) is 0 Å². The number of hydrogen-bond acceptors (Lipinski definition) is 3. The molecule has 4 nitrogen and oxygen atoms in total. The van der Waals surface area contributed by atoms with Crippen LogP contribution >= 0.6 is 0 Å². The van der Waals surface area contributed by atoms with Crippen LogP contribution in [-0.2, 0) is 22.4 Å². The van der Waals surface area contributed by atoms with E-state index in [0.717, 1.165) is 12.2 Å². The van der Waals surface area contributed by atoms with E-state index in [1.807, 2.05) is 6.07 Å². The molecule has 1 heterocycles. The summed E-state index contributed by atoms with van der Waals surface area (Å²) in [6.07, 6.45) is 6.80. The molecule has 0 saturated heterocycles. The topological polar surface area (TPSA) is 46.6 Å². The fourth-order valence-electron chi connectivity index (χ4n) is 2.70. The number of carbonyl (C=O) groups excluding carboxylic acids is 2. The Bertz CT molecular complexity index is 559. The molecule has 0 bridgehead atoms. The van der Waals surface area contributed by atoms with E-state index in [4.69, 9.17) is 4.74 Å². The standard InChI is InChI=1S/C16H17NO3/c18-15-7-8-16(19)17(15)9-2-10-20-14-6-5-12-3-1-4-13(12)11-14/h5-8,11H,1-4,9-10H2. The highest BCUT2D eigenvalue weighted by Gasteiger charge is 2.22.